The third-order valence-electron chi connectivity index (χ3n) is 3.62. The van der Waals surface area contributed by atoms with E-state index in [1.165, 1.54) is 14.1 Å². The molecular weight excluding hydrogens is 330 g/mol. The first-order valence-electron chi connectivity index (χ1n) is 6.94. The zero-order valence-electron chi connectivity index (χ0n) is 12.8. The van der Waals surface area contributed by atoms with Gasteiger partial charge in [0.05, 0.1) is 25.0 Å². The van der Waals surface area contributed by atoms with Crippen LogP contribution in [0.1, 0.15) is 10.4 Å². The van der Waals surface area contributed by atoms with Gasteiger partial charge in [0.25, 0.3) is 5.91 Å². The minimum absolute atomic E-state index is 0.150. The lowest BCUT2D eigenvalue weighted by Crippen LogP contribution is -2.43. The highest BCUT2D eigenvalue weighted by molar-refractivity contribution is 7.89. The minimum Gasteiger partial charge on any atom is -0.379 e. The van der Waals surface area contributed by atoms with E-state index in [1.807, 2.05) is 0 Å². The summed E-state index contributed by atoms with van der Waals surface area (Å²) in [5, 5.41) is 2.58. The zero-order chi connectivity index (χ0) is 17.2. The first-order valence-corrected chi connectivity index (χ1v) is 8.55. The summed E-state index contributed by atoms with van der Waals surface area (Å²) in [4.78, 5) is 12.1. The highest BCUT2D eigenvalue weighted by atomic mass is 32.2. The Labute approximate surface area is 133 Å². The van der Waals surface area contributed by atoms with Crippen LogP contribution in [0, 0.1) is 17.6 Å². The molecule has 2 atom stereocenters. The number of hydrogen-bond acceptors (Lipinski definition) is 4. The maximum atomic E-state index is 13.2. The molecule has 1 saturated heterocycles. The third-order valence-corrected chi connectivity index (χ3v) is 5.58. The average Bonchev–Trinajstić information content (AvgIpc) is 2.84. The fraction of sp³-hybridized carbons (Fsp3) is 0.500. The molecule has 1 amide bonds. The van der Waals surface area contributed by atoms with Crippen molar-refractivity contribution in [2.24, 2.45) is 5.92 Å². The van der Waals surface area contributed by atoms with Crippen molar-refractivity contribution in [3.05, 3.63) is 35.4 Å². The van der Waals surface area contributed by atoms with Gasteiger partial charge in [0, 0.05) is 31.6 Å². The van der Waals surface area contributed by atoms with Crippen molar-refractivity contribution in [3.63, 3.8) is 0 Å². The second-order valence-electron chi connectivity index (χ2n) is 5.60. The van der Waals surface area contributed by atoms with Gasteiger partial charge in [-0.15, -0.1) is 0 Å². The molecule has 1 aliphatic heterocycles. The van der Waals surface area contributed by atoms with E-state index in [0.29, 0.717) is 6.07 Å². The van der Waals surface area contributed by atoms with Crippen LogP contribution >= 0.6 is 0 Å². The number of hydrogen-bond donors (Lipinski definition) is 1. The molecule has 9 heteroatoms. The van der Waals surface area contributed by atoms with Crippen LogP contribution in [0.3, 0.4) is 0 Å². The predicted octanol–water partition coefficient (Wildman–Crippen LogP) is 0.601. The first-order chi connectivity index (χ1) is 10.7. The smallest absolute Gasteiger partial charge is 0.251 e. The maximum Gasteiger partial charge on any atom is 0.251 e. The van der Waals surface area contributed by atoms with Gasteiger partial charge < -0.3 is 10.1 Å². The molecule has 23 heavy (non-hydrogen) atoms. The number of sulfonamides is 1. The van der Waals surface area contributed by atoms with E-state index in [4.69, 9.17) is 4.74 Å². The molecule has 1 aromatic carbocycles. The Balaban J connectivity index is 2.07. The molecule has 0 bridgehead atoms. The maximum absolute atomic E-state index is 13.2. The van der Waals surface area contributed by atoms with Gasteiger partial charge in [0.2, 0.25) is 10.0 Å². The summed E-state index contributed by atoms with van der Waals surface area (Å²) < 4.78 is 56.5. The molecule has 6 nitrogen and oxygen atoms in total. The number of benzene rings is 1. The lowest BCUT2D eigenvalue weighted by molar-refractivity contribution is 0.0925. The van der Waals surface area contributed by atoms with E-state index < -0.39 is 39.5 Å². The quantitative estimate of drug-likeness (QED) is 0.846. The Morgan fingerprint density at radius 3 is 2.43 bits per heavy atom. The number of ether oxygens (including phenoxy) is 1. The molecule has 0 unspecified atom stereocenters. The van der Waals surface area contributed by atoms with Crippen molar-refractivity contribution in [2.75, 3.05) is 33.1 Å². The summed E-state index contributed by atoms with van der Waals surface area (Å²) in [5.74, 6) is -2.99. The molecule has 0 radical (unpaired) electrons. The summed E-state index contributed by atoms with van der Waals surface area (Å²) in [6, 6.07) is 1.96. The molecular formula is C14H18F2N2O4S. The Bertz CT molecular complexity index is 674. The van der Waals surface area contributed by atoms with E-state index in [-0.39, 0.29) is 24.5 Å². The standard InChI is InChI=1S/C14H18F2N2O4S/c1-18(2)23(20,21)8-10-6-22-7-13(10)17-14(19)9-3-11(15)5-12(16)4-9/h3-5,10,13H,6-8H2,1-2H3,(H,17,19)/t10-,13-/m0/s1. The van der Waals surface area contributed by atoms with E-state index in [0.717, 1.165) is 16.4 Å². The minimum atomic E-state index is -3.45. The average molecular weight is 348 g/mol. The van der Waals surface area contributed by atoms with E-state index in [9.17, 15) is 22.0 Å². The molecule has 0 spiro atoms. The van der Waals surface area contributed by atoms with E-state index in [1.54, 1.807) is 0 Å². The number of carbonyl (C=O) groups excluding carboxylic acids is 1. The number of nitrogens with one attached hydrogen (secondary N) is 1. The Kier molecular flexibility index (Phi) is 5.33. The molecule has 0 saturated carbocycles. The summed E-state index contributed by atoms with van der Waals surface area (Å²) in [5.41, 5.74) is -0.163. The summed E-state index contributed by atoms with van der Waals surface area (Å²) >= 11 is 0. The third kappa shape index (κ3) is 4.46. The van der Waals surface area contributed by atoms with Gasteiger partial charge in [-0.25, -0.2) is 21.5 Å². The van der Waals surface area contributed by atoms with Gasteiger partial charge in [0.15, 0.2) is 0 Å². The highest BCUT2D eigenvalue weighted by Gasteiger charge is 2.34. The van der Waals surface area contributed by atoms with Gasteiger partial charge in [-0.2, -0.15) is 0 Å². The number of carbonyl (C=O) groups is 1. The van der Waals surface area contributed by atoms with Crippen LogP contribution in [0.5, 0.6) is 0 Å². The molecule has 2 rings (SSSR count). The SMILES string of the molecule is CN(C)S(=O)(=O)C[C@@H]1COC[C@@H]1NC(=O)c1cc(F)cc(F)c1. The molecule has 1 fully saturated rings. The van der Waals surface area contributed by atoms with Gasteiger partial charge in [-0.3, -0.25) is 4.79 Å². The van der Waals surface area contributed by atoms with Crippen molar-refractivity contribution in [1.29, 1.82) is 0 Å². The fourth-order valence-electron chi connectivity index (χ4n) is 2.28. The van der Waals surface area contributed by atoms with Crippen molar-refractivity contribution in [2.45, 2.75) is 6.04 Å². The Morgan fingerprint density at radius 2 is 1.87 bits per heavy atom. The van der Waals surface area contributed by atoms with Crippen LogP contribution in [0.25, 0.3) is 0 Å². The molecule has 0 aromatic heterocycles. The lowest BCUT2D eigenvalue weighted by Gasteiger charge is -2.21. The van der Waals surface area contributed by atoms with Crippen molar-refractivity contribution < 1.29 is 26.7 Å². The second-order valence-corrected chi connectivity index (χ2v) is 7.82. The summed E-state index contributed by atoms with van der Waals surface area (Å²) in [7, 11) is -0.597. The van der Waals surface area contributed by atoms with Gasteiger partial charge in [-0.05, 0) is 12.1 Å². The van der Waals surface area contributed by atoms with Crippen molar-refractivity contribution >= 4 is 15.9 Å². The number of amides is 1. The first kappa shape index (κ1) is 17.8. The van der Waals surface area contributed by atoms with Crippen LogP contribution in [-0.2, 0) is 14.8 Å². The van der Waals surface area contributed by atoms with Crippen LogP contribution in [0.4, 0.5) is 8.78 Å². The topological polar surface area (TPSA) is 75.7 Å². The van der Waals surface area contributed by atoms with Gasteiger partial charge >= 0.3 is 0 Å². The number of rotatable bonds is 5. The number of halogens is 2. The van der Waals surface area contributed by atoms with Gasteiger partial charge in [0.1, 0.15) is 11.6 Å². The molecule has 1 N–H and O–H groups in total. The summed E-state index contributed by atoms with van der Waals surface area (Å²) in [6.45, 7) is 0.340. The van der Waals surface area contributed by atoms with E-state index >= 15 is 0 Å². The molecule has 1 aromatic rings. The lowest BCUT2D eigenvalue weighted by atomic mass is 10.1. The van der Waals surface area contributed by atoms with E-state index in [2.05, 4.69) is 5.32 Å². The molecule has 1 heterocycles. The molecule has 0 aliphatic carbocycles. The largest absolute Gasteiger partial charge is 0.379 e. The van der Waals surface area contributed by atoms with Gasteiger partial charge in [-0.1, -0.05) is 0 Å². The van der Waals surface area contributed by atoms with Crippen LogP contribution in [-0.4, -0.2) is 57.7 Å². The molecule has 1 aliphatic rings. The Hall–Kier alpha value is -1.58. The zero-order valence-corrected chi connectivity index (χ0v) is 13.6. The number of nitrogens with zero attached hydrogens (tertiary/aromatic N) is 1. The predicted molar refractivity (Wildman–Crippen MR) is 79.4 cm³/mol. The Morgan fingerprint density at radius 1 is 1.26 bits per heavy atom. The summed E-state index contributed by atoms with van der Waals surface area (Å²) in [6.07, 6.45) is 0. The monoisotopic (exact) mass is 348 g/mol. The fourth-order valence-corrected chi connectivity index (χ4v) is 3.45. The van der Waals surface area contributed by atoms with Crippen LogP contribution < -0.4 is 5.32 Å². The highest BCUT2D eigenvalue weighted by Crippen LogP contribution is 2.18. The van der Waals surface area contributed by atoms with Crippen molar-refractivity contribution in [1.82, 2.24) is 9.62 Å². The molecule has 128 valence electrons. The normalized spacial score (nSPS) is 21.6. The second kappa shape index (κ2) is 6.90. The van der Waals surface area contributed by atoms with Crippen LogP contribution in [0.2, 0.25) is 0 Å². The van der Waals surface area contributed by atoms with Crippen molar-refractivity contribution in [3.8, 4) is 0 Å². The van der Waals surface area contributed by atoms with Crippen LogP contribution in [0.15, 0.2) is 18.2 Å².